The van der Waals surface area contributed by atoms with Crippen molar-refractivity contribution in [2.24, 2.45) is 5.10 Å². The molecule has 3 heteroatoms. The van der Waals surface area contributed by atoms with Crippen LogP contribution in [-0.2, 0) is 0 Å². The molecule has 0 amide bonds. The van der Waals surface area contributed by atoms with E-state index in [0.29, 0.717) is 13.0 Å². The Morgan fingerprint density at radius 2 is 2.07 bits per heavy atom. The van der Waals surface area contributed by atoms with E-state index < -0.39 is 0 Å². The normalized spacial score (nSPS) is 18.6. The quantitative estimate of drug-likeness (QED) is 0.591. The van der Waals surface area contributed by atoms with Gasteiger partial charge in [0, 0.05) is 17.9 Å². The van der Waals surface area contributed by atoms with Crippen molar-refractivity contribution in [3.63, 3.8) is 0 Å². The van der Waals surface area contributed by atoms with Crippen LogP contribution in [0.3, 0.4) is 0 Å². The molecule has 0 N–H and O–H groups in total. The number of benzene rings is 1. The Morgan fingerprint density at radius 3 is 2.64 bits per heavy atom. The lowest BCUT2D eigenvalue weighted by molar-refractivity contribution is -0.519. The van der Waals surface area contributed by atoms with Crippen LogP contribution in [0.25, 0.3) is 0 Å². The van der Waals surface area contributed by atoms with Crippen molar-refractivity contribution in [3.05, 3.63) is 35.4 Å². The van der Waals surface area contributed by atoms with Gasteiger partial charge in [-0.15, -0.1) is 0 Å². The molecule has 1 aromatic carbocycles. The van der Waals surface area contributed by atoms with E-state index >= 15 is 0 Å². The fourth-order valence-electron chi connectivity index (χ4n) is 1.37. The molecule has 0 unspecified atom stereocenters. The van der Waals surface area contributed by atoms with E-state index in [2.05, 4.69) is 5.10 Å². The molecule has 0 radical (unpaired) electrons. The Kier molecular flexibility index (Phi) is 2.31. The summed E-state index contributed by atoms with van der Waals surface area (Å²) in [5, 5.41) is 14.7. The van der Waals surface area contributed by atoms with Crippen molar-refractivity contribution in [1.29, 1.82) is 0 Å². The number of rotatable bonds is 1. The molecule has 1 aliphatic rings. The predicted molar refractivity (Wildman–Crippen MR) is 53.5 cm³/mol. The second-order valence-electron chi connectivity index (χ2n) is 3.45. The summed E-state index contributed by atoms with van der Waals surface area (Å²) in [6.07, 6.45) is 2.42. The minimum Gasteiger partial charge on any atom is -0.857 e. The number of hydrogen-bond acceptors (Lipinski definition) is 2. The van der Waals surface area contributed by atoms with Gasteiger partial charge in [0.2, 0.25) is 6.21 Å². The molecule has 3 nitrogen and oxygen atoms in total. The largest absolute Gasteiger partial charge is 0.857 e. The number of aryl methyl sites for hydroxylation is 1. The maximum atomic E-state index is 10.9. The Balaban J connectivity index is 2.22. The molecular formula is C11H12N2O. The fourth-order valence-corrected chi connectivity index (χ4v) is 1.37. The van der Waals surface area contributed by atoms with E-state index in [-0.39, 0.29) is 5.90 Å². The first-order valence-electron chi connectivity index (χ1n) is 4.67. The molecular weight excluding hydrogens is 176 g/mol. The Labute approximate surface area is 83.0 Å². The molecule has 0 aromatic heterocycles. The van der Waals surface area contributed by atoms with Crippen LogP contribution in [0, 0.1) is 6.92 Å². The van der Waals surface area contributed by atoms with Gasteiger partial charge >= 0.3 is 0 Å². The van der Waals surface area contributed by atoms with Crippen LogP contribution < -0.4 is 5.11 Å². The van der Waals surface area contributed by atoms with Crippen LogP contribution in [-0.4, -0.2) is 23.3 Å². The fraction of sp³-hybridized carbons (Fsp3) is 0.273. The van der Waals surface area contributed by atoms with Crippen LogP contribution in [0.4, 0.5) is 0 Å². The molecule has 1 aliphatic heterocycles. The Hall–Kier alpha value is -1.64. The van der Waals surface area contributed by atoms with Gasteiger partial charge in [-0.05, 0) is 24.2 Å². The van der Waals surface area contributed by atoms with Gasteiger partial charge in [0.25, 0.3) is 0 Å². The number of hydrogen-bond donors (Lipinski definition) is 0. The lowest BCUT2D eigenvalue weighted by Gasteiger charge is -1.92. The van der Waals surface area contributed by atoms with Gasteiger partial charge < -0.3 is 5.11 Å². The van der Waals surface area contributed by atoms with Gasteiger partial charge in [0.1, 0.15) is 0 Å². The smallest absolute Gasteiger partial charge is 0.203 e. The molecule has 0 fully saturated rings. The molecule has 72 valence electrons. The van der Waals surface area contributed by atoms with E-state index in [0.717, 1.165) is 5.56 Å². The summed E-state index contributed by atoms with van der Waals surface area (Å²) in [4.78, 5) is 0. The van der Waals surface area contributed by atoms with Gasteiger partial charge in [0.15, 0.2) is 6.54 Å². The van der Waals surface area contributed by atoms with Crippen molar-refractivity contribution < 1.29 is 9.79 Å². The molecule has 0 saturated heterocycles. The zero-order valence-corrected chi connectivity index (χ0v) is 8.10. The molecule has 2 rings (SSSR count). The average Bonchev–Trinajstić information content (AvgIpc) is 2.56. The first kappa shape index (κ1) is 8.94. The third-order valence-electron chi connectivity index (χ3n) is 2.17. The summed E-state index contributed by atoms with van der Waals surface area (Å²) in [5.74, 6) is -0.0339. The van der Waals surface area contributed by atoms with Crippen LogP contribution in [0.15, 0.2) is 29.4 Å². The third kappa shape index (κ3) is 1.99. The summed E-state index contributed by atoms with van der Waals surface area (Å²) in [6, 6.07) is 8.13. The van der Waals surface area contributed by atoms with Crippen molar-refractivity contribution in [3.8, 4) is 0 Å². The van der Waals surface area contributed by atoms with Gasteiger partial charge in [-0.25, -0.2) is 0 Å². The molecule has 0 saturated carbocycles. The molecule has 1 aromatic rings. The highest BCUT2D eigenvalue weighted by molar-refractivity contribution is 5.77. The second-order valence-corrected chi connectivity index (χ2v) is 3.45. The van der Waals surface area contributed by atoms with Crippen LogP contribution in [0.1, 0.15) is 17.5 Å². The van der Waals surface area contributed by atoms with Crippen molar-refractivity contribution in [1.82, 2.24) is 0 Å². The monoisotopic (exact) mass is 188 g/mol. The van der Waals surface area contributed by atoms with Crippen LogP contribution >= 0.6 is 0 Å². The van der Waals surface area contributed by atoms with Crippen LogP contribution in [0.2, 0.25) is 0 Å². The first-order chi connectivity index (χ1) is 6.74. The lowest BCUT2D eigenvalue weighted by Crippen LogP contribution is -2.13. The van der Waals surface area contributed by atoms with Crippen molar-refractivity contribution in [2.45, 2.75) is 13.3 Å². The molecule has 1 heterocycles. The van der Waals surface area contributed by atoms with E-state index in [9.17, 15) is 5.11 Å². The standard InChI is InChI=1S/C11H12N2O/c1-9-2-4-10(5-3-9)8-13-7-6-11(14)12-13/h2-5,8H,6-7H2,1H3/b13-8+. The predicted octanol–water partition coefficient (Wildman–Crippen LogP) is 0.504. The minimum absolute atomic E-state index is 0.0339. The van der Waals surface area contributed by atoms with Crippen molar-refractivity contribution in [2.75, 3.05) is 6.54 Å². The van der Waals surface area contributed by atoms with Gasteiger partial charge in [-0.1, -0.05) is 22.4 Å². The van der Waals surface area contributed by atoms with Gasteiger partial charge in [0.05, 0.1) is 0 Å². The van der Waals surface area contributed by atoms with Gasteiger partial charge in [-0.3, -0.25) is 0 Å². The third-order valence-corrected chi connectivity index (χ3v) is 2.17. The molecule has 0 atom stereocenters. The number of hydrazone groups is 1. The van der Waals surface area contributed by atoms with E-state index in [1.54, 1.807) is 4.68 Å². The van der Waals surface area contributed by atoms with Crippen molar-refractivity contribution >= 4 is 12.1 Å². The topological polar surface area (TPSA) is 38.4 Å². The summed E-state index contributed by atoms with van der Waals surface area (Å²) >= 11 is 0. The summed E-state index contributed by atoms with van der Waals surface area (Å²) in [6.45, 7) is 2.75. The molecule has 14 heavy (non-hydrogen) atoms. The zero-order valence-electron chi connectivity index (χ0n) is 8.10. The SMILES string of the molecule is Cc1ccc(/C=[N+]2\CCC([O-])=N2)cc1. The summed E-state index contributed by atoms with van der Waals surface area (Å²) in [5.41, 5.74) is 2.31. The Bertz CT molecular complexity index is 390. The maximum Gasteiger partial charge on any atom is 0.203 e. The second kappa shape index (κ2) is 3.62. The van der Waals surface area contributed by atoms with E-state index in [1.165, 1.54) is 5.56 Å². The van der Waals surface area contributed by atoms with E-state index in [1.807, 2.05) is 37.4 Å². The first-order valence-corrected chi connectivity index (χ1v) is 4.67. The van der Waals surface area contributed by atoms with Gasteiger partial charge in [-0.2, -0.15) is 0 Å². The highest BCUT2D eigenvalue weighted by Gasteiger charge is 2.10. The lowest BCUT2D eigenvalue weighted by atomic mass is 10.2. The highest BCUT2D eigenvalue weighted by atomic mass is 16.3. The zero-order chi connectivity index (χ0) is 9.97. The molecule has 0 bridgehead atoms. The van der Waals surface area contributed by atoms with E-state index in [4.69, 9.17) is 0 Å². The Morgan fingerprint density at radius 1 is 1.36 bits per heavy atom. The van der Waals surface area contributed by atoms with Crippen LogP contribution in [0.5, 0.6) is 0 Å². The maximum absolute atomic E-state index is 10.9. The summed E-state index contributed by atoms with van der Waals surface area (Å²) in [7, 11) is 0. The summed E-state index contributed by atoms with van der Waals surface area (Å²) < 4.78 is 1.70. The number of nitrogens with zero attached hydrogens (tertiary/aromatic N) is 2. The highest BCUT2D eigenvalue weighted by Crippen LogP contribution is 2.02. The average molecular weight is 188 g/mol. The minimum atomic E-state index is -0.0339. The molecule has 0 aliphatic carbocycles. The molecule has 0 spiro atoms.